The van der Waals surface area contributed by atoms with Crippen molar-refractivity contribution in [2.75, 3.05) is 14.1 Å². The van der Waals surface area contributed by atoms with Crippen molar-refractivity contribution in [1.82, 2.24) is 10.0 Å². The molecule has 0 aromatic carbocycles. The van der Waals surface area contributed by atoms with Crippen LogP contribution >= 0.6 is 11.3 Å². The molecule has 1 aliphatic heterocycles. The zero-order valence-corrected chi connectivity index (χ0v) is 15.3. The number of carbonyl (C=O) groups is 1. The summed E-state index contributed by atoms with van der Waals surface area (Å²) in [4.78, 5) is 15.1. The van der Waals surface area contributed by atoms with E-state index in [9.17, 15) is 10.1 Å². The Labute approximate surface area is 146 Å². The highest BCUT2D eigenvalue weighted by Gasteiger charge is 2.41. The van der Waals surface area contributed by atoms with Gasteiger partial charge in [0, 0.05) is 41.5 Å². The van der Waals surface area contributed by atoms with Crippen molar-refractivity contribution >= 4 is 17.1 Å². The largest absolute Gasteiger partial charge is 0.383 e. The van der Waals surface area contributed by atoms with Gasteiger partial charge in [0.1, 0.15) is 5.82 Å². The molecule has 0 amide bonds. The van der Waals surface area contributed by atoms with Crippen molar-refractivity contribution < 1.29 is 4.79 Å². The Morgan fingerprint density at radius 2 is 2.08 bits per heavy atom. The molecular weight excluding hydrogens is 320 g/mol. The Morgan fingerprint density at radius 1 is 1.38 bits per heavy atom. The summed E-state index contributed by atoms with van der Waals surface area (Å²) in [6.45, 7) is 4.09. The predicted molar refractivity (Wildman–Crippen MR) is 94.8 cm³/mol. The lowest BCUT2D eigenvalue weighted by Crippen LogP contribution is -2.45. The van der Waals surface area contributed by atoms with Gasteiger partial charge in [-0.15, -0.1) is 11.3 Å². The first-order valence-corrected chi connectivity index (χ1v) is 8.88. The van der Waals surface area contributed by atoms with Gasteiger partial charge in [-0.3, -0.25) is 9.80 Å². The molecule has 0 saturated heterocycles. The van der Waals surface area contributed by atoms with E-state index in [1.807, 2.05) is 38.0 Å². The van der Waals surface area contributed by atoms with E-state index in [1.54, 1.807) is 11.3 Å². The van der Waals surface area contributed by atoms with E-state index in [0.717, 1.165) is 34.6 Å². The van der Waals surface area contributed by atoms with E-state index < -0.39 is 0 Å². The molecular formula is C18H22N4OS. The summed E-state index contributed by atoms with van der Waals surface area (Å²) in [5.41, 5.74) is 9.58. The van der Waals surface area contributed by atoms with E-state index in [4.69, 9.17) is 5.73 Å². The molecule has 0 radical (unpaired) electrons. The lowest BCUT2D eigenvalue weighted by molar-refractivity contribution is -0.116. The minimum absolute atomic E-state index is 0.136. The summed E-state index contributed by atoms with van der Waals surface area (Å²) in [5, 5.41) is 13.5. The minimum atomic E-state index is -0.334. The highest BCUT2D eigenvalue weighted by molar-refractivity contribution is 7.12. The molecule has 0 saturated carbocycles. The van der Waals surface area contributed by atoms with Crippen LogP contribution in [0, 0.1) is 25.2 Å². The molecule has 1 aromatic rings. The number of nitrogens with zero attached hydrogens (tertiary/aromatic N) is 3. The Hall–Kier alpha value is -2.10. The van der Waals surface area contributed by atoms with Crippen LogP contribution in [0.3, 0.4) is 0 Å². The first-order valence-electron chi connectivity index (χ1n) is 8.07. The van der Waals surface area contributed by atoms with Crippen molar-refractivity contribution in [1.29, 1.82) is 5.26 Å². The molecule has 2 heterocycles. The lowest BCUT2D eigenvalue weighted by Gasteiger charge is -2.42. The molecule has 24 heavy (non-hydrogen) atoms. The smallest absolute Gasteiger partial charge is 0.161 e. The topological polar surface area (TPSA) is 73.4 Å². The molecule has 0 fully saturated rings. The van der Waals surface area contributed by atoms with Crippen LogP contribution in [-0.4, -0.2) is 29.9 Å². The summed E-state index contributed by atoms with van der Waals surface area (Å²) in [7, 11) is 3.76. The maximum atomic E-state index is 12.8. The maximum absolute atomic E-state index is 12.8. The van der Waals surface area contributed by atoms with Gasteiger partial charge in [0.25, 0.3) is 0 Å². The quantitative estimate of drug-likeness (QED) is 0.894. The number of hydrogen-bond acceptors (Lipinski definition) is 6. The third-order valence-corrected chi connectivity index (χ3v) is 5.66. The highest BCUT2D eigenvalue weighted by atomic mass is 32.1. The van der Waals surface area contributed by atoms with E-state index in [0.29, 0.717) is 17.8 Å². The number of Topliss-reactive ketones (excluding diaryl/α,β-unsaturated/α-hetero) is 1. The van der Waals surface area contributed by atoms with Gasteiger partial charge in [0.15, 0.2) is 5.78 Å². The number of allylic oxidation sites excluding steroid dienone is 3. The van der Waals surface area contributed by atoms with Gasteiger partial charge in [0.05, 0.1) is 17.6 Å². The summed E-state index contributed by atoms with van der Waals surface area (Å²) >= 11 is 1.69. The molecule has 126 valence electrons. The van der Waals surface area contributed by atoms with E-state index in [1.165, 1.54) is 4.88 Å². The van der Waals surface area contributed by atoms with Crippen LogP contribution in [-0.2, 0) is 4.79 Å². The number of nitriles is 1. The molecule has 1 unspecified atom stereocenters. The Kier molecular flexibility index (Phi) is 4.24. The first kappa shape index (κ1) is 16.7. The van der Waals surface area contributed by atoms with Gasteiger partial charge in [-0.25, -0.2) is 5.01 Å². The Morgan fingerprint density at radius 3 is 2.62 bits per heavy atom. The number of carbonyl (C=O) groups excluding carboxylic acids is 1. The van der Waals surface area contributed by atoms with Crippen LogP contribution in [0.5, 0.6) is 0 Å². The Bertz CT molecular complexity index is 809. The van der Waals surface area contributed by atoms with Gasteiger partial charge in [-0.1, -0.05) is 0 Å². The van der Waals surface area contributed by atoms with Gasteiger partial charge in [0.2, 0.25) is 0 Å². The normalized spacial score (nSPS) is 21.4. The standard InChI is InChI=1S/C18H22N4OS/c1-10-8-12(11(2)24-10)16-13(9-19)18(20)22(21(3)4)14-6-5-7-15(23)17(14)16/h8,16H,5-7,20H2,1-4H3. The third-order valence-electron chi connectivity index (χ3n) is 4.68. The van der Waals surface area contributed by atoms with Gasteiger partial charge in [-0.2, -0.15) is 5.26 Å². The number of aryl methyl sites for hydroxylation is 2. The fourth-order valence-corrected chi connectivity index (χ4v) is 4.74. The molecule has 1 aliphatic carbocycles. The zero-order chi connectivity index (χ0) is 17.6. The van der Waals surface area contributed by atoms with Crippen molar-refractivity contribution in [3.8, 4) is 6.07 Å². The van der Waals surface area contributed by atoms with Crippen LogP contribution in [0.15, 0.2) is 28.7 Å². The number of hydrogen-bond donors (Lipinski definition) is 1. The average molecular weight is 342 g/mol. The van der Waals surface area contributed by atoms with Crippen LogP contribution in [0.4, 0.5) is 0 Å². The summed E-state index contributed by atoms with van der Waals surface area (Å²) < 4.78 is 0. The van der Waals surface area contributed by atoms with Crippen molar-refractivity contribution in [3.05, 3.63) is 44.0 Å². The molecule has 2 N–H and O–H groups in total. The lowest BCUT2D eigenvalue weighted by atomic mass is 9.76. The summed E-state index contributed by atoms with van der Waals surface area (Å²) in [5.74, 6) is 0.236. The van der Waals surface area contributed by atoms with E-state index in [2.05, 4.69) is 12.1 Å². The van der Waals surface area contributed by atoms with Crippen LogP contribution in [0.1, 0.15) is 40.5 Å². The second kappa shape index (κ2) is 6.08. The SMILES string of the molecule is Cc1cc(C2C(C#N)=C(N)N(N(C)C)C3=C2C(=O)CCC3)c(C)s1. The fraction of sp³-hybridized carbons (Fsp3) is 0.444. The molecule has 1 atom stereocenters. The number of hydrazine groups is 1. The molecule has 5 nitrogen and oxygen atoms in total. The predicted octanol–water partition coefficient (Wildman–Crippen LogP) is 2.94. The van der Waals surface area contributed by atoms with Crippen molar-refractivity contribution in [3.63, 3.8) is 0 Å². The second-order valence-corrected chi connectivity index (χ2v) is 7.97. The number of nitrogens with two attached hydrogens (primary N) is 1. The molecule has 2 aliphatic rings. The highest BCUT2D eigenvalue weighted by Crippen LogP contribution is 2.46. The molecule has 3 rings (SSSR count). The van der Waals surface area contributed by atoms with Crippen molar-refractivity contribution in [2.24, 2.45) is 5.73 Å². The van der Waals surface area contributed by atoms with E-state index >= 15 is 0 Å². The third kappa shape index (κ3) is 2.45. The molecule has 0 spiro atoms. The van der Waals surface area contributed by atoms with Gasteiger partial charge >= 0.3 is 0 Å². The maximum Gasteiger partial charge on any atom is 0.161 e. The number of ketones is 1. The Balaban J connectivity index is 2.29. The second-order valence-electron chi connectivity index (χ2n) is 6.51. The summed E-state index contributed by atoms with van der Waals surface area (Å²) in [6, 6.07) is 4.37. The molecule has 6 heteroatoms. The average Bonchev–Trinajstić information content (AvgIpc) is 2.84. The zero-order valence-electron chi connectivity index (χ0n) is 14.5. The van der Waals surface area contributed by atoms with Crippen LogP contribution < -0.4 is 5.73 Å². The van der Waals surface area contributed by atoms with Gasteiger partial charge in [-0.05, 0) is 38.3 Å². The minimum Gasteiger partial charge on any atom is -0.383 e. The van der Waals surface area contributed by atoms with Crippen LogP contribution in [0.2, 0.25) is 0 Å². The summed E-state index contributed by atoms with van der Waals surface area (Å²) in [6.07, 6.45) is 2.17. The van der Waals surface area contributed by atoms with Crippen molar-refractivity contribution in [2.45, 2.75) is 39.0 Å². The monoisotopic (exact) mass is 342 g/mol. The van der Waals surface area contributed by atoms with Crippen LogP contribution in [0.25, 0.3) is 0 Å². The molecule has 1 aromatic heterocycles. The first-order chi connectivity index (χ1) is 11.4. The van der Waals surface area contributed by atoms with Gasteiger partial charge < -0.3 is 5.73 Å². The molecule has 0 bridgehead atoms. The fourth-order valence-electron chi connectivity index (χ4n) is 3.77. The van der Waals surface area contributed by atoms with E-state index in [-0.39, 0.29) is 11.7 Å². The number of thiophene rings is 1. The number of rotatable bonds is 2.